The lowest BCUT2D eigenvalue weighted by Gasteiger charge is -2.44. The van der Waals surface area contributed by atoms with Crippen LogP contribution >= 0.6 is 0 Å². The Morgan fingerprint density at radius 1 is 1.35 bits per heavy atom. The molecule has 1 amide bonds. The summed E-state index contributed by atoms with van der Waals surface area (Å²) in [5, 5.41) is 59.4. The zero-order chi connectivity index (χ0) is 20.3. The van der Waals surface area contributed by atoms with Crippen LogP contribution in [0.5, 0.6) is 0 Å². The fourth-order valence-corrected chi connectivity index (χ4v) is 2.59. The third-order valence-electron chi connectivity index (χ3n) is 3.51. The highest BCUT2D eigenvalue weighted by Crippen LogP contribution is 2.30. The van der Waals surface area contributed by atoms with Gasteiger partial charge in [-0.25, -0.2) is 8.98 Å². The van der Waals surface area contributed by atoms with Crippen LogP contribution < -0.4 is 5.32 Å². The number of carboxylic acids is 1. The molecule has 6 atom stereocenters. The molecule has 152 valence electrons. The Balaban J connectivity index is 3.06. The van der Waals surface area contributed by atoms with Crippen molar-refractivity contribution in [1.82, 2.24) is 5.32 Å². The van der Waals surface area contributed by atoms with Gasteiger partial charge in [-0.1, -0.05) is 0 Å². The molecular weight excluding hydrogens is 386 g/mol. The second kappa shape index (κ2) is 8.51. The highest BCUT2D eigenvalue weighted by Gasteiger charge is 2.54. The number of carbonyl (C=O) groups excluding carboxylic acids is 1. The molecule has 0 spiro atoms. The Morgan fingerprint density at radius 2 is 1.92 bits per heavy atom. The molecule has 3 unspecified atom stereocenters. The van der Waals surface area contributed by atoms with E-state index >= 15 is 0 Å². The van der Waals surface area contributed by atoms with E-state index in [0.29, 0.717) is 0 Å². The molecule has 0 aromatic carbocycles. The van der Waals surface area contributed by atoms with Gasteiger partial charge in [-0.05, 0) is 0 Å². The van der Waals surface area contributed by atoms with Crippen molar-refractivity contribution < 1.29 is 62.1 Å². The molecule has 0 bridgehead atoms. The minimum Gasteiger partial charge on any atom is -0.477 e. The van der Waals surface area contributed by atoms with Crippen LogP contribution in [-0.2, 0) is 28.9 Å². The fraction of sp³-hybridized carbons (Fsp3) is 0.818. The van der Waals surface area contributed by atoms with E-state index in [0.717, 1.165) is 0 Å². The molecule has 0 aliphatic carbocycles. The molecule has 8 N–H and O–H groups in total. The number of carboxylic acid groups (broad SMARTS) is 1. The van der Waals surface area contributed by atoms with Gasteiger partial charge in [0.1, 0.15) is 24.9 Å². The highest BCUT2D eigenvalue weighted by atomic mass is 32.3. The van der Waals surface area contributed by atoms with Gasteiger partial charge in [0.15, 0.2) is 0 Å². The Morgan fingerprint density at radius 3 is 2.38 bits per heavy atom. The van der Waals surface area contributed by atoms with Crippen molar-refractivity contribution >= 4 is 22.3 Å². The normalized spacial score (nSPS) is 31.8. The van der Waals surface area contributed by atoms with Crippen molar-refractivity contribution in [3.8, 4) is 0 Å². The molecule has 14 nitrogen and oxygen atoms in total. The summed E-state index contributed by atoms with van der Waals surface area (Å²) in [6.45, 7) is -2.23. The number of aliphatic hydroxyl groups is 5. The number of aliphatic carboxylic acids is 1. The summed E-state index contributed by atoms with van der Waals surface area (Å²) in [6, 6.07) is -1.59. The van der Waals surface area contributed by atoms with Gasteiger partial charge in [-0.3, -0.25) is 9.35 Å². The van der Waals surface area contributed by atoms with E-state index in [9.17, 15) is 38.4 Å². The Hall–Kier alpha value is -1.43. The maximum absolute atomic E-state index is 11.3. The molecule has 1 aliphatic heterocycles. The molecule has 1 fully saturated rings. The summed E-state index contributed by atoms with van der Waals surface area (Å²) in [5.74, 6) is -5.99. The second-order valence-corrected chi connectivity index (χ2v) is 6.56. The van der Waals surface area contributed by atoms with Gasteiger partial charge in [0.25, 0.3) is 5.79 Å². The van der Waals surface area contributed by atoms with Crippen LogP contribution in [0.2, 0.25) is 0 Å². The smallest absolute Gasteiger partial charge is 0.397 e. The van der Waals surface area contributed by atoms with Crippen molar-refractivity contribution in [2.24, 2.45) is 0 Å². The van der Waals surface area contributed by atoms with Gasteiger partial charge in [0.05, 0.1) is 18.8 Å². The average molecular weight is 405 g/mol. The number of rotatable bonds is 8. The number of nitrogens with one attached hydrogen (secondary N) is 1. The van der Waals surface area contributed by atoms with Gasteiger partial charge >= 0.3 is 16.4 Å². The van der Waals surface area contributed by atoms with Gasteiger partial charge < -0.3 is 40.7 Å². The van der Waals surface area contributed by atoms with E-state index in [4.69, 9.17) is 19.5 Å². The van der Waals surface area contributed by atoms with Gasteiger partial charge in [-0.2, -0.15) is 8.42 Å². The molecule has 1 heterocycles. The number of hydrogen-bond donors (Lipinski definition) is 8. The highest BCUT2D eigenvalue weighted by molar-refractivity contribution is 7.80. The molecule has 0 aromatic rings. The van der Waals surface area contributed by atoms with Gasteiger partial charge in [0, 0.05) is 6.42 Å². The fourth-order valence-electron chi connectivity index (χ4n) is 2.28. The van der Waals surface area contributed by atoms with E-state index in [1.165, 1.54) is 0 Å². The Bertz CT molecular complexity index is 624. The lowest BCUT2D eigenvalue weighted by atomic mass is 9.88. The number of amides is 1. The first-order valence-electron chi connectivity index (χ1n) is 7.00. The Kier molecular flexibility index (Phi) is 7.40. The molecule has 0 radical (unpaired) electrons. The zero-order valence-corrected chi connectivity index (χ0v) is 13.8. The molecule has 1 rings (SSSR count). The van der Waals surface area contributed by atoms with Crippen LogP contribution in [0.4, 0.5) is 0 Å². The van der Waals surface area contributed by atoms with Crippen LogP contribution in [-0.4, -0.2) is 105 Å². The van der Waals surface area contributed by atoms with Crippen LogP contribution in [0.25, 0.3) is 0 Å². The van der Waals surface area contributed by atoms with Gasteiger partial charge in [-0.15, -0.1) is 0 Å². The maximum atomic E-state index is 11.3. The summed E-state index contributed by atoms with van der Waals surface area (Å²) < 4.78 is 38.1. The number of hydrogen-bond acceptors (Lipinski definition) is 11. The molecule has 1 saturated heterocycles. The summed E-state index contributed by atoms with van der Waals surface area (Å²) in [4.78, 5) is 22.4. The van der Waals surface area contributed by atoms with Crippen molar-refractivity contribution in [3.05, 3.63) is 0 Å². The predicted molar refractivity (Wildman–Crippen MR) is 76.6 cm³/mol. The van der Waals surface area contributed by atoms with Crippen LogP contribution in [0.1, 0.15) is 6.42 Å². The molecular formula is C11H19NO13S. The first kappa shape index (κ1) is 22.6. The summed E-state index contributed by atoms with van der Waals surface area (Å²) in [6.07, 6.45) is -9.00. The molecule has 26 heavy (non-hydrogen) atoms. The van der Waals surface area contributed by atoms with Crippen molar-refractivity contribution in [1.29, 1.82) is 0 Å². The summed E-state index contributed by atoms with van der Waals surface area (Å²) in [5.41, 5.74) is 0. The monoisotopic (exact) mass is 405 g/mol. The van der Waals surface area contributed by atoms with Crippen molar-refractivity contribution in [2.75, 3.05) is 13.2 Å². The molecule has 0 aromatic heterocycles. The van der Waals surface area contributed by atoms with Crippen LogP contribution in [0.3, 0.4) is 0 Å². The van der Waals surface area contributed by atoms with Crippen LogP contribution in [0.15, 0.2) is 0 Å². The van der Waals surface area contributed by atoms with E-state index in [-0.39, 0.29) is 0 Å². The zero-order valence-electron chi connectivity index (χ0n) is 13.0. The molecule has 15 heteroatoms. The first-order valence-corrected chi connectivity index (χ1v) is 8.37. The van der Waals surface area contributed by atoms with E-state index in [1.807, 2.05) is 5.32 Å². The number of ether oxygens (including phenoxy) is 1. The van der Waals surface area contributed by atoms with Crippen LogP contribution in [0, 0.1) is 0 Å². The second-order valence-electron chi connectivity index (χ2n) is 5.47. The lowest BCUT2D eigenvalue weighted by molar-refractivity contribution is -0.295. The summed E-state index contributed by atoms with van der Waals surface area (Å²) in [7, 11) is -4.97. The molecule has 1 aliphatic rings. The molecule has 0 saturated carbocycles. The third-order valence-corrected chi connectivity index (χ3v) is 3.94. The van der Waals surface area contributed by atoms with E-state index < -0.39 is 78.2 Å². The minimum atomic E-state index is -4.97. The predicted octanol–water partition coefficient (Wildman–Crippen LogP) is -5.07. The average Bonchev–Trinajstić information content (AvgIpc) is 2.53. The topological polar surface area (TPSA) is 240 Å². The lowest BCUT2D eigenvalue weighted by Crippen LogP contribution is -2.67. The first-order chi connectivity index (χ1) is 11.8. The summed E-state index contributed by atoms with van der Waals surface area (Å²) >= 11 is 0. The third kappa shape index (κ3) is 5.79. The van der Waals surface area contributed by atoms with Gasteiger partial charge in [0.2, 0.25) is 5.91 Å². The number of carbonyl (C=O) groups is 2. The van der Waals surface area contributed by atoms with E-state index in [2.05, 4.69) is 4.18 Å². The standard InChI is InChI=1S/C11H19NO13S/c13-2-6(16)12-7-4(14)1-11(20,10(18)19)25-9(7)8(17)5(15)3-24-26(21,22)23/h4-5,7-9,13-15,17,20H,1-3H2,(H,12,16)(H,18,19)(H,21,22,23)/t4-,5?,7+,8?,9+,11?/m0/s1. The minimum absolute atomic E-state index is 0.931. The Labute approximate surface area is 146 Å². The maximum Gasteiger partial charge on any atom is 0.397 e. The van der Waals surface area contributed by atoms with Crippen molar-refractivity contribution in [3.63, 3.8) is 0 Å². The van der Waals surface area contributed by atoms with Crippen molar-refractivity contribution in [2.45, 2.75) is 42.7 Å². The number of aliphatic hydroxyl groups excluding tert-OH is 4. The van der Waals surface area contributed by atoms with E-state index in [1.54, 1.807) is 0 Å². The largest absolute Gasteiger partial charge is 0.477 e. The quantitative estimate of drug-likeness (QED) is 0.176. The SMILES string of the molecule is O=C(CO)N[C@@H]1[C@@H](O)CC(O)(C(=O)O)O[C@H]1C(O)C(O)COS(=O)(=O)O.